The molecular formula is C16H24Cl2N2O3. The van der Waals surface area contributed by atoms with Crippen LogP contribution in [-0.2, 0) is 11.3 Å². The monoisotopic (exact) mass is 362 g/mol. The zero-order valence-corrected chi connectivity index (χ0v) is 15.4. The first-order chi connectivity index (χ1) is 10.6. The van der Waals surface area contributed by atoms with Gasteiger partial charge in [0.15, 0.2) is 0 Å². The van der Waals surface area contributed by atoms with E-state index < -0.39 is 11.7 Å². The maximum atomic E-state index is 11.7. The largest absolute Gasteiger partial charge is 0.506 e. The van der Waals surface area contributed by atoms with E-state index in [-0.39, 0.29) is 16.8 Å². The molecule has 0 aliphatic rings. The zero-order chi connectivity index (χ0) is 17.6. The summed E-state index contributed by atoms with van der Waals surface area (Å²) >= 11 is 11.8. The molecule has 0 bridgehead atoms. The fourth-order valence-electron chi connectivity index (χ4n) is 1.89. The lowest BCUT2D eigenvalue weighted by Gasteiger charge is -2.22. The molecule has 1 atom stereocenters. The van der Waals surface area contributed by atoms with Crippen molar-refractivity contribution in [2.24, 2.45) is 0 Å². The third kappa shape index (κ3) is 7.29. The normalized spacial score (nSPS) is 12.8. The Morgan fingerprint density at radius 3 is 2.57 bits per heavy atom. The summed E-state index contributed by atoms with van der Waals surface area (Å²) < 4.78 is 5.19. The Morgan fingerprint density at radius 1 is 1.35 bits per heavy atom. The predicted molar refractivity (Wildman–Crippen MR) is 93.3 cm³/mol. The highest BCUT2D eigenvalue weighted by atomic mass is 35.5. The van der Waals surface area contributed by atoms with Crippen molar-refractivity contribution in [3.05, 3.63) is 27.7 Å². The van der Waals surface area contributed by atoms with E-state index in [0.717, 1.165) is 6.42 Å². The molecule has 1 rings (SSSR count). The smallest absolute Gasteiger partial charge is 0.407 e. The number of hydrogen-bond donors (Lipinski definition) is 3. The van der Waals surface area contributed by atoms with Gasteiger partial charge in [0.05, 0.1) is 5.02 Å². The van der Waals surface area contributed by atoms with Crippen LogP contribution < -0.4 is 10.6 Å². The molecule has 23 heavy (non-hydrogen) atoms. The van der Waals surface area contributed by atoms with E-state index in [1.165, 1.54) is 6.07 Å². The van der Waals surface area contributed by atoms with Crippen LogP contribution in [-0.4, -0.2) is 29.4 Å². The van der Waals surface area contributed by atoms with E-state index >= 15 is 0 Å². The Hall–Kier alpha value is -1.17. The second kappa shape index (κ2) is 8.62. The van der Waals surface area contributed by atoms with Crippen LogP contribution in [0.4, 0.5) is 4.79 Å². The first-order valence-electron chi connectivity index (χ1n) is 7.49. The lowest BCUT2D eigenvalue weighted by Crippen LogP contribution is -2.42. The second-order valence-corrected chi connectivity index (χ2v) is 7.11. The van der Waals surface area contributed by atoms with Gasteiger partial charge in [-0.1, -0.05) is 30.1 Å². The Morgan fingerprint density at radius 2 is 2.00 bits per heavy atom. The Bertz CT molecular complexity index is 545. The highest BCUT2D eigenvalue weighted by Crippen LogP contribution is 2.31. The number of phenolic OH excluding ortho intramolecular Hbond substituents is 1. The molecule has 0 aliphatic heterocycles. The van der Waals surface area contributed by atoms with Crippen LogP contribution in [0.25, 0.3) is 0 Å². The van der Waals surface area contributed by atoms with Gasteiger partial charge in [-0.05, 0) is 39.3 Å². The molecule has 130 valence electrons. The van der Waals surface area contributed by atoms with E-state index in [2.05, 4.69) is 10.6 Å². The Balaban J connectivity index is 2.53. The van der Waals surface area contributed by atoms with E-state index in [0.29, 0.717) is 23.7 Å². The number of hydrogen-bond acceptors (Lipinski definition) is 4. The summed E-state index contributed by atoms with van der Waals surface area (Å²) in [6, 6.07) is 3.17. The van der Waals surface area contributed by atoms with Crippen LogP contribution >= 0.6 is 23.2 Å². The van der Waals surface area contributed by atoms with Crippen molar-refractivity contribution in [1.29, 1.82) is 0 Å². The number of alkyl carbamates (subject to hydrolysis) is 1. The molecule has 0 saturated heterocycles. The van der Waals surface area contributed by atoms with E-state index in [4.69, 9.17) is 27.9 Å². The molecule has 7 heteroatoms. The molecule has 1 aromatic carbocycles. The van der Waals surface area contributed by atoms with Crippen LogP contribution in [0.3, 0.4) is 0 Å². The average molecular weight is 363 g/mol. The molecule has 0 radical (unpaired) electrons. The molecule has 5 nitrogen and oxygen atoms in total. The lowest BCUT2D eigenvalue weighted by molar-refractivity contribution is 0.0522. The van der Waals surface area contributed by atoms with Gasteiger partial charge in [0.1, 0.15) is 11.4 Å². The molecule has 3 N–H and O–H groups in total. The van der Waals surface area contributed by atoms with Crippen molar-refractivity contribution in [2.45, 2.75) is 52.3 Å². The molecular weight excluding hydrogens is 339 g/mol. The summed E-state index contributed by atoms with van der Waals surface area (Å²) in [7, 11) is 0. The fourth-order valence-corrected chi connectivity index (χ4v) is 2.43. The second-order valence-electron chi connectivity index (χ2n) is 6.26. The summed E-state index contributed by atoms with van der Waals surface area (Å²) in [5.41, 5.74) is 0.0842. The SMILES string of the molecule is CCC(CNC(=O)OC(C)(C)C)NCc1cc(Cl)cc(Cl)c1O. The molecule has 1 unspecified atom stereocenters. The number of nitrogens with one attached hydrogen (secondary N) is 2. The highest BCUT2D eigenvalue weighted by Gasteiger charge is 2.17. The molecule has 1 aromatic rings. The van der Waals surface area contributed by atoms with Gasteiger partial charge < -0.3 is 20.5 Å². The zero-order valence-electron chi connectivity index (χ0n) is 13.9. The van der Waals surface area contributed by atoms with E-state index in [1.54, 1.807) is 6.07 Å². The summed E-state index contributed by atoms with van der Waals surface area (Å²) in [4.78, 5) is 11.7. The minimum Gasteiger partial charge on any atom is -0.506 e. The quantitative estimate of drug-likeness (QED) is 0.712. The van der Waals surface area contributed by atoms with Crippen molar-refractivity contribution in [3.8, 4) is 5.75 Å². The molecule has 0 fully saturated rings. The first kappa shape index (κ1) is 19.9. The molecule has 0 aliphatic carbocycles. The van der Waals surface area contributed by atoms with Crippen molar-refractivity contribution < 1.29 is 14.6 Å². The van der Waals surface area contributed by atoms with Gasteiger partial charge in [0.2, 0.25) is 0 Å². The third-order valence-electron chi connectivity index (χ3n) is 3.07. The standard InChI is InChI=1S/C16H24Cl2N2O3/c1-5-12(9-20-15(22)23-16(2,3)4)19-8-10-6-11(17)7-13(18)14(10)21/h6-7,12,19,21H,5,8-9H2,1-4H3,(H,20,22). The van der Waals surface area contributed by atoms with Crippen LogP contribution in [0.5, 0.6) is 5.75 Å². The average Bonchev–Trinajstić information content (AvgIpc) is 2.42. The first-order valence-corrected chi connectivity index (χ1v) is 8.25. The van der Waals surface area contributed by atoms with Gasteiger partial charge in [-0.25, -0.2) is 4.79 Å². The van der Waals surface area contributed by atoms with Gasteiger partial charge in [0.25, 0.3) is 0 Å². The highest BCUT2D eigenvalue weighted by molar-refractivity contribution is 6.35. The number of carbonyl (C=O) groups is 1. The van der Waals surface area contributed by atoms with Gasteiger partial charge in [-0.15, -0.1) is 0 Å². The summed E-state index contributed by atoms with van der Waals surface area (Å²) in [6.45, 7) is 8.25. The van der Waals surface area contributed by atoms with Crippen LogP contribution in [0.1, 0.15) is 39.7 Å². The molecule has 0 saturated carbocycles. The fraction of sp³-hybridized carbons (Fsp3) is 0.562. The maximum Gasteiger partial charge on any atom is 0.407 e. The molecule has 1 amide bonds. The van der Waals surface area contributed by atoms with E-state index in [1.807, 2.05) is 27.7 Å². The molecule has 0 heterocycles. The number of carbonyl (C=O) groups excluding carboxylic acids is 1. The van der Waals surface area contributed by atoms with Crippen molar-refractivity contribution in [2.75, 3.05) is 6.54 Å². The van der Waals surface area contributed by atoms with Gasteiger partial charge in [-0.3, -0.25) is 0 Å². The van der Waals surface area contributed by atoms with Gasteiger partial charge in [-0.2, -0.15) is 0 Å². The lowest BCUT2D eigenvalue weighted by atomic mass is 10.1. The van der Waals surface area contributed by atoms with Crippen LogP contribution in [0.15, 0.2) is 12.1 Å². The van der Waals surface area contributed by atoms with Crippen molar-refractivity contribution >= 4 is 29.3 Å². The minimum atomic E-state index is -0.525. The molecule has 0 spiro atoms. The summed E-state index contributed by atoms with van der Waals surface area (Å²) in [6.07, 6.45) is 0.344. The summed E-state index contributed by atoms with van der Waals surface area (Å²) in [5.74, 6) is 0.0125. The van der Waals surface area contributed by atoms with Gasteiger partial charge in [0, 0.05) is 29.7 Å². The Kier molecular flexibility index (Phi) is 7.45. The number of amides is 1. The number of aromatic hydroxyl groups is 1. The Labute approximate surface area is 147 Å². The maximum absolute atomic E-state index is 11.7. The van der Waals surface area contributed by atoms with Crippen molar-refractivity contribution in [3.63, 3.8) is 0 Å². The number of halogens is 2. The third-order valence-corrected chi connectivity index (χ3v) is 3.58. The number of benzene rings is 1. The van der Waals surface area contributed by atoms with Gasteiger partial charge >= 0.3 is 6.09 Å². The van der Waals surface area contributed by atoms with E-state index in [9.17, 15) is 9.90 Å². The predicted octanol–water partition coefficient (Wildman–Crippen LogP) is 4.09. The number of phenols is 1. The molecule has 0 aromatic heterocycles. The van der Waals surface area contributed by atoms with Crippen LogP contribution in [0.2, 0.25) is 10.0 Å². The minimum absolute atomic E-state index is 0.0125. The number of rotatable bonds is 6. The van der Waals surface area contributed by atoms with Crippen molar-refractivity contribution in [1.82, 2.24) is 10.6 Å². The topological polar surface area (TPSA) is 70.6 Å². The number of ether oxygens (including phenoxy) is 1. The van der Waals surface area contributed by atoms with Crippen LogP contribution in [0, 0.1) is 0 Å². The summed E-state index contributed by atoms with van der Waals surface area (Å²) in [5, 5.41) is 16.6.